The monoisotopic (exact) mass is 224 g/mol. The molecule has 0 radical (unpaired) electrons. The van der Waals surface area contributed by atoms with Crippen LogP contribution in [0.4, 0.5) is 0 Å². The molecule has 1 rings (SSSR count). The number of aliphatic hydroxyl groups excluding tert-OH is 1. The summed E-state index contributed by atoms with van der Waals surface area (Å²) < 4.78 is 0. The van der Waals surface area contributed by atoms with E-state index in [1.54, 1.807) is 30.3 Å². The van der Waals surface area contributed by atoms with Gasteiger partial charge in [0.1, 0.15) is 0 Å². The summed E-state index contributed by atoms with van der Waals surface area (Å²) in [5.74, 6) is -0.254. The van der Waals surface area contributed by atoms with Crippen LogP contribution < -0.4 is 0 Å². The van der Waals surface area contributed by atoms with Crippen molar-refractivity contribution in [1.29, 1.82) is 0 Å². The van der Waals surface area contributed by atoms with Crippen molar-refractivity contribution < 1.29 is 15.0 Å². The molecule has 16 heavy (non-hydrogen) atoms. The summed E-state index contributed by atoms with van der Waals surface area (Å²) in [6, 6.07) is 8.30. The first-order valence-electron chi connectivity index (χ1n) is 5.40. The summed E-state index contributed by atoms with van der Waals surface area (Å²) in [4.78, 5) is 10.2. The fourth-order valence-electron chi connectivity index (χ4n) is 1.26. The van der Waals surface area contributed by atoms with Gasteiger partial charge >= 0.3 is 5.97 Å². The van der Waals surface area contributed by atoms with Gasteiger partial charge in [0.15, 0.2) is 0 Å². The van der Waals surface area contributed by atoms with Crippen LogP contribution in [0.15, 0.2) is 30.3 Å². The largest absolute Gasteiger partial charge is 0.478 e. The Balaban J connectivity index is 0.000000293. The Morgan fingerprint density at radius 3 is 1.88 bits per heavy atom. The van der Waals surface area contributed by atoms with E-state index in [1.165, 1.54) is 0 Å². The lowest BCUT2D eigenvalue weighted by atomic mass is 10.1. The minimum Gasteiger partial charge on any atom is -0.478 e. The average molecular weight is 224 g/mol. The summed E-state index contributed by atoms with van der Waals surface area (Å²) in [5, 5.41) is 17.1. The minimum absolute atomic E-state index is 0.125. The van der Waals surface area contributed by atoms with Crippen LogP contribution in [0.25, 0.3) is 0 Å². The highest BCUT2D eigenvalue weighted by Gasteiger charge is 1.97. The standard InChI is InChI=1S/C7H6O2.C6H14O/c8-7(9)6-4-2-1-3-5-6;1-5(2)4-6(3)7/h1-5H,(H,8,9);5-7H,4H2,1-3H3/t;6-/m.1/s1. The zero-order valence-electron chi connectivity index (χ0n) is 10.1. The van der Waals surface area contributed by atoms with Crippen LogP contribution in [0.5, 0.6) is 0 Å². The third-order valence-corrected chi connectivity index (χ3v) is 1.83. The molecule has 3 nitrogen and oxygen atoms in total. The highest BCUT2D eigenvalue weighted by atomic mass is 16.4. The Hall–Kier alpha value is -1.35. The summed E-state index contributed by atoms with van der Waals surface area (Å²) in [5.41, 5.74) is 0.331. The first kappa shape index (κ1) is 14.6. The average Bonchev–Trinajstić information content (AvgIpc) is 2.17. The van der Waals surface area contributed by atoms with Crippen LogP contribution >= 0.6 is 0 Å². The highest BCUT2D eigenvalue weighted by molar-refractivity contribution is 5.87. The molecule has 1 atom stereocenters. The molecule has 0 amide bonds. The number of hydrogen-bond acceptors (Lipinski definition) is 2. The summed E-state index contributed by atoms with van der Waals surface area (Å²) in [6.07, 6.45) is 0.792. The molecule has 0 spiro atoms. The van der Waals surface area contributed by atoms with E-state index < -0.39 is 5.97 Å². The molecular weight excluding hydrogens is 204 g/mol. The van der Waals surface area contributed by atoms with E-state index in [0.717, 1.165) is 6.42 Å². The lowest BCUT2D eigenvalue weighted by Gasteiger charge is -2.04. The van der Waals surface area contributed by atoms with Crippen molar-refractivity contribution in [3.05, 3.63) is 35.9 Å². The predicted octanol–water partition coefficient (Wildman–Crippen LogP) is 2.80. The van der Waals surface area contributed by atoms with Gasteiger partial charge in [-0.05, 0) is 31.4 Å². The molecule has 0 saturated carbocycles. The van der Waals surface area contributed by atoms with Crippen molar-refractivity contribution in [2.75, 3.05) is 0 Å². The zero-order valence-corrected chi connectivity index (χ0v) is 10.1. The van der Waals surface area contributed by atoms with E-state index >= 15 is 0 Å². The number of aliphatic hydroxyl groups is 1. The van der Waals surface area contributed by atoms with Gasteiger partial charge in [-0.3, -0.25) is 0 Å². The van der Waals surface area contributed by atoms with Gasteiger partial charge < -0.3 is 10.2 Å². The van der Waals surface area contributed by atoms with E-state index in [9.17, 15) is 4.79 Å². The van der Waals surface area contributed by atoms with Gasteiger partial charge in [0.05, 0.1) is 11.7 Å². The summed E-state index contributed by atoms with van der Waals surface area (Å²) in [6.45, 7) is 6.03. The zero-order chi connectivity index (χ0) is 12.6. The second-order valence-corrected chi connectivity index (χ2v) is 4.15. The van der Waals surface area contributed by atoms with Crippen molar-refractivity contribution in [2.45, 2.75) is 33.3 Å². The first-order chi connectivity index (χ1) is 7.43. The minimum atomic E-state index is -0.879. The molecule has 0 aliphatic carbocycles. The van der Waals surface area contributed by atoms with Crippen LogP contribution in [0.1, 0.15) is 37.6 Å². The number of rotatable bonds is 3. The molecule has 0 heterocycles. The Labute approximate surface area is 96.7 Å². The maximum atomic E-state index is 10.2. The highest BCUT2D eigenvalue weighted by Crippen LogP contribution is 2.01. The third kappa shape index (κ3) is 8.00. The van der Waals surface area contributed by atoms with E-state index in [-0.39, 0.29) is 6.10 Å². The smallest absolute Gasteiger partial charge is 0.335 e. The van der Waals surface area contributed by atoms with E-state index in [4.69, 9.17) is 10.2 Å². The Bertz CT molecular complexity index is 285. The molecule has 0 aliphatic heterocycles. The van der Waals surface area contributed by atoms with Crippen molar-refractivity contribution in [2.24, 2.45) is 5.92 Å². The number of aromatic carboxylic acids is 1. The van der Waals surface area contributed by atoms with Gasteiger partial charge in [-0.15, -0.1) is 0 Å². The van der Waals surface area contributed by atoms with Gasteiger partial charge in [0.25, 0.3) is 0 Å². The molecule has 0 fully saturated rings. The van der Waals surface area contributed by atoms with E-state index in [1.807, 2.05) is 6.92 Å². The molecule has 0 aliphatic rings. The maximum absolute atomic E-state index is 10.2. The fourth-order valence-corrected chi connectivity index (χ4v) is 1.26. The second-order valence-electron chi connectivity index (χ2n) is 4.15. The number of carbonyl (C=O) groups is 1. The second kappa shape index (κ2) is 7.88. The lowest BCUT2D eigenvalue weighted by Crippen LogP contribution is -2.03. The molecule has 2 N–H and O–H groups in total. The fraction of sp³-hybridized carbons (Fsp3) is 0.462. The molecule has 0 aromatic heterocycles. The van der Waals surface area contributed by atoms with Crippen molar-refractivity contribution in [3.8, 4) is 0 Å². The quantitative estimate of drug-likeness (QED) is 0.830. The van der Waals surface area contributed by atoms with Gasteiger partial charge in [-0.25, -0.2) is 4.79 Å². The van der Waals surface area contributed by atoms with E-state index in [2.05, 4.69) is 13.8 Å². The van der Waals surface area contributed by atoms with Crippen LogP contribution in [0, 0.1) is 5.92 Å². The van der Waals surface area contributed by atoms with Crippen LogP contribution in [0.3, 0.4) is 0 Å². The molecular formula is C13H20O3. The molecule has 1 aromatic carbocycles. The van der Waals surface area contributed by atoms with Gasteiger partial charge in [-0.1, -0.05) is 32.0 Å². The van der Waals surface area contributed by atoms with Crippen LogP contribution in [-0.2, 0) is 0 Å². The number of hydrogen-bond donors (Lipinski definition) is 2. The molecule has 90 valence electrons. The number of benzene rings is 1. The van der Waals surface area contributed by atoms with Crippen LogP contribution in [-0.4, -0.2) is 22.3 Å². The lowest BCUT2D eigenvalue weighted by molar-refractivity contribution is 0.0697. The maximum Gasteiger partial charge on any atom is 0.335 e. The molecule has 0 unspecified atom stereocenters. The SMILES string of the molecule is CC(C)C[C@@H](C)O.O=C(O)c1ccccc1. The Morgan fingerprint density at radius 1 is 1.19 bits per heavy atom. The van der Waals surface area contributed by atoms with Crippen molar-refractivity contribution >= 4 is 5.97 Å². The molecule has 3 heteroatoms. The first-order valence-corrected chi connectivity index (χ1v) is 5.40. The normalized spacial score (nSPS) is 11.6. The topological polar surface area (TPSA) is 57.5 Å². The molecule has 1 aromatic rings. The van der Waals surface area contributed by atoms with Crippen molar-refractivity contribution in [1.82, 2.24) is 0 Å². The number of carboxylic acids is 1. The molecule has 0 bridgehead atoms. The van der Waals surface area contributed by atoms with Crippen LogP contribution in [0.2, 0.25) is 0 Å². The predicted molar refractivity (Wildman–Crippen MR) is 64.5 cm³/mol. The molecule has 0 saturated heterocycles. The van der Waals surface area contributed by atoms with Gasteiger partial charge in [0.2, 0.25) is 0 Å². The summed E-state index contributed by atoms with van der Waals surface area (Å²) in [7, 11) is 0. The number of carboxylic acid groups (broad SMARTS) is 1. The van der Waals surface area contributed by atoms with Crippen molar-refractivity contribution in [3.63, 3.8) is 0 Å². The Morgan fingerprint density at radius 2 is 1.69 bits per heavy atom. The van der Waals surface area contributed by atoms with Gasteiger partial charge in [0, 0.05) is 0 Å². The van der Waals surface area contributed by atoms with Gasteiger partial charge in [-0.2, -0.15) is 0 Å². The Kier molecular flexibility index (Phi) is 7.21. The summed E-state index contributed by atoms with van der Waals surface area (Å²) >= 11 is 0. The van der Waals surface area contributed by atoms with E-state index in [0.29, 0.717) is 11.5 Å². The third-order valence-electron chi connectivity index (χ3n) is 1.83.